The predicted molar refractivity (Wildman–Crippen MR) is 286 cm³/mol. The molecular weight excluding hydrogens is 1030 g/mol. The van der Waals surface area contributed by atoms with Crippen LogP contribution in [0.3, 0.4) is 0 Å². The highest BCUT2D eigenvalue weighted by molar-refractivity contribution is 5.82. The number of nitrogens with zero attached hydrogens (tertiary/aromatic N) is 1. The van der Waals surface area contributed by atoms with Crippen molar-refractivity contribution in [3.8, 4) is 0 Å². The Morgan fingerprint density at radius 2 is 1.35 bits per heavy atom. The standard InChI is InChI=1S/C56H83N3O20/c1-32-17-15-13-11-9-7-5-6-8-10-12-14-16-18-41(78-55-52(69)49(51(68)35(4)77-55)58-53(70)42(57)25-36-19-21-37(22-20-36)59(74)75)29-46-48(54(71)72)45(65)31-56(73,79-46)30-44(64)43(63)24-23-38(60)26-39(61)27-40(62)28-47(66)76-34(3)33(2)50(32)67/h5-6,8,10-22,32-35,38-46,48-52,55,60-65,67-69,73H,7,9,23-31,57H2,1-4H3,(H,58,70)(H,71,72)/b6-5+,10-8+,13-11+,14-12+,17-15+,18-16+/t32-,33-,34-,35+,38+,39+,40+,41-,42-,43+,44+,45-,46-,48+,49-,50+,51+,52-,55+,56+/m0/s1. The highest BCUT2D eigenvalue weighted by atomic mass is 16.7. The molecule has 79 heavy (non-hydrogen) atoms. The van der Waals surface area contributed by atoms with E-state index in [-0.39, 0.29) is 43.7 Å². The molecule has 442 valence electrons. The van der Waals surface area contributed by atoms with Crippen LogP contribution >= 0.6 is 0 Å². The number of nitro benzene ring substituents is 1. The molecule has 2 fully saturated rings. The Hall–Kier alpha value is -5.09. The Morgan fingerprint density at radius 1 is 0.759 bits per heavy atom. The van der Waals surface area contributed by atoms with Crippen LogP contribution in [0.4, 0.5) is 5.69 Å². The quantitative estimate of drug-likeness (QED) is 0.0998. The first-order chi connectivity index (χ1) is 37.3. The Labute approximate surface area is 460 Å². The second kappa shape index (κ2) is 32.4. The van der Waals surface area contributed by atoms with E-state index >= 15 is 0 Å². The molecule has 4 rings (SSSR count). The lowest BCUT2D eigenvalue weighted by molar-refractivity contribution is -0.384. The zero-order chi connectivity index (χ0) is 58.6. The minimum Gasteiger partial charge on any atom is -0.481 e. The number of cyclic esters (lactones) is 1. The summed E-state index contributed by atoms with van der Waals surface area (Å²) >= 11 is 0. The summed E-state index contributed by atoms with van der Waals surface area (Å²) in [6, 6.07) is 2.71. The van der Waals surface area contributed by atoms with Crippen LogP contribution in [0.1, 0.15) is 97.5 Å². The molecule has 3 heterocycles. The fourth-order valence-corrected chi connectivity index (χ4v) is 9.62. The number of carboxylic acid groups (broad SMARTS) is 1. The number of nitro groups is 1. The molecule has 0 spiro atoms. The van der Waals surface area contributed by atoms with Gasteiger partial charge in [0, 0.05) is 43.2 Å². The fourth-order valence-electron chi connectivity index (χ4n) is 9.62. The van der Waals surface area contributed by atoms with Gasteiger partial charge in [-0.05, 0) is 64.4 Å². The number of carbonyl (C=O) groups is 3. The zero-order valence-electron chi connectivity index (χ0n) is 45.1. The number of rotatable bonds is 8. The van der Waals surface area contributed by atoms with E-state index < -0.39 is 164 Å². The number of allylic oxidation sites excluding steroid dienone is 10. The monoisotopic (exact) mass is 1120 g/mol. The van der Waals surface area contributed by atoms with Gasteiger partial charge in [-0.3, -0.25) is 24.5 Å². The van der Waals surface area contributed by atoms with Crippen LogP contribution in [-0.2, 0) is 39.8 Å². The number of fused-ring (bicyclic) bond motifs is 2. The van der Waals surface area contributed by atoms with E-state index in [2.05, 4.69) is 5.32 Å². The molecule has 1 amide bonds. The van der Waals surface area contributed by atoms with E-state index in [1.807, 2.05) is 43.4 Å². The molecule has 0 aliphatic carbocycles. The van der Waals surface area contributed by atoms with Crippen LogP contribution in [0.25, 0.3) is 0 Å². The largest absolute Gasteiger partial charge is 0.481 e. The van der Waals surface area contributed by atoms with Crippen molar-refractivity contribution in [2.45, 2.75) is 202 Å². The number of aliphatic hydroxyl groups is 10. The summed E-state index contributed by atoms with van der Waals surface area (Å²) in [5.74, 6) is -7.97. The smallest absolute Gasteiger partial charge is 0.311 e. The number of nitrogens with one attached hydrogen (secondary N) is 1. The van der Waals surface area contributed by atoms with Crippen molar-refractivity contribution >= 4 is 23.5 Å². The summed E-state index contributed by atoms with van der Waals surface area (Å²) in [6.45, 7) is 6.65. The van der Waals surface area contributed by atoms with Crippen molar-refractivity contribution in [2.24, 2.45) is 23.5 Å². The average Bonchev–Trinajstić information content (AvgIpc) is 3.41. The number of aliphatic hydroxyl groups excluding tert-OH is 9. The Kier molecular flexibility index (Phi) is 27.2. The number of hydrogen-bond acceptors (Lipinski definition) is 20. The van der Waals surface area contributed by atoms with Crippen LogP contribution in [-0.4, -0.2) is 182 Å². The van der Waals surface area contributed by atoms with Crippen molar-refractivity contribution in [1.29, 1.82) is 0 Å². The van der Waals surface area contributed by atoms with Gasteiger partial charge in [0.05, 0.1) is 84.5 Å². The van der Waals surface area contributed by atoms with Gasteiger partial charge in [0.25, 0.3) is 5.69 Å². The SMILES string of the molecule is C[C@@H]1[C@H](O)[C@@H](C)/C=C/C=C/CC/C=C/C=C/C=C/C=C/[C@H](O[C@H]2O[C@H](C)[C@@H](O)[C@H](NC(=O)[C@@H](N)Cc3ccc([N+](=O)[O-])cc3)[C@@H]2O)C[C@@H]2O[C@](O)(C[C@@H](O)[C@H](O)CC[C@@H](O)C[C@@H](O)C[C@@H](O)CC(=O)O[C@H]1C)C[C@H](O)[C@H]2C(=O)O. The number of carbonyl (C=O) groups excluding carboxylic acids is 2. The minimum atomic E-state index is -2.45. The van der Waals surface area contributed by atoms with Crippen LogP contribution in [0.5, 0.6) is 0 Å². The molecule has 0 aromatic heterocycles. The maximum Gasteiger partial charge on any atom is 0.311 e. The number of amides is 1. The van der Waals surface area contributed by atoms with Gasteiger partial charge < -0.3 is 86.2 Å². The van der Waals surface area contributed by atoms with Crippen LogP contribution in [0.15, 0.2) is 97.2 Å². The predicted octanol–water partition coefficient (Wildman–Crippen LogP) is 1.57. The molecule has 20 atom stereocenters. The Balaban J connectivity index is 1.57. The van der Waals surface area contributed by atoms with Crippen molar-refractivity contribution in [3.63, 3.8) is 0 Å². The number of hydrogen-bond donors (Lipinski definition) is 13. The highest BCUT2D eigenvalue weighted by Gasteiger charge is 2.51. The van der Waals surface area contributed by atoms with E-state index in [1.165, 1.54) is 43.3 Å². The van der Waals surface area contributed by atoms with Gasteiger partial charge >= 0.3 is 11.9 Å². The van der Waals surface area contributed by atoms with Gasteiger partial charge in [-0.15, -0.1) is 0 Å². The molecule has 0 saturated carbocycles. The van der Waals surface area contributed by atoms with Gasteiger partial charge in [0.15, 0.2) is 12.1 Å². The van der Waals surface area contributed by atoms with Gasteiger partial charge in [0.1, 0.15) is 24.2 Å². The Bertz CT molecular complexity index is 2260. The highest BCUT2D eigenvalue weighted by Crippen LogP contribution is 2.38. The third-order valence-electron chi connectivity index (χ3n) is 14.4. The summed E-state index contributed by atoms with van der Waals surface area (Å²) in [7, 11) is 0. The molecule has 14 N–H and O–H groups in total. The third kappa shape index (κ3) is 21.7. The van der Waals surface area contributed by atoms with Gasteiger partial charge in [0.2, 0.25) is 5.91 Å². The molecular formula is C56H83N3O20. The van der Waals surface area contributed by atoms with Crippen molar-refractivity contribution in [2.75, 3.05) is 0 Å². The van der Waals surface area contributed by atoms with Crippen molar-refractivity contribution in [1.82, 2.24) is 5.32 Å². The summed E-state index contributed by atoms with van der Waals surface area (Å²) < 4.78 is 23.6. The molecule has 1 aromatic carbocycles. The van der Waals surface area contributed by atoms with E-state index in [4.69, 9.17) is 24.7 Å². The maximum absolute atomic E-state index is 13.4. The topological polar surface area (TPSA) is 392 Å². The van der Waals surface area contributed by atoms with Gasteiger partial charge in [-0.2, -0.15) is 0 Å². The first-order valence-corrected chi connectivity index (χ1v) is 26.8. The number of benzene rings is 1. The van der Waals surface area contributed by atoms with Crippen molar-refractivity contribution in [3.05, 3.63) is 113 Å². The molecule has 0 unspecified atom stereocenters. The lowest BCUT2D eigenvalue weighted by atomic mass is 9.82. The number of non-ortho nitro benzene ring substituents is 1. The molecule has 23 heteroatoms. The summed E-state index contributed by atoms with van der Waals surface area (Å²) in [6.07, 6.45) is -0.533. The number of aliphatic carboxylic acids is 1. The van der Waals surface area contributed by atoms with E-state index in [0.29, 0.717) is 18.4 Å². The molecule has 1 aromatic rings. The van der Waals surface area contributed by atoms with Crippen LogP contribution in [0, 0.1) is 27.9 Å². The second-order valence-electron chi connectivity index (χ2n) is 21.0. The average molecular weight is 1120 g/mol. The zero-order valence-corrected chi connectivity index (χ0v) is 45.1. The summed E-state index contributed by atoms with van der Waals surface area (Å²) in [4.78, 5) is 49.3. The molecule has 2 saturated heterocycles. The Morgan fingerprint density at radius 3 is 2.00 bits per heavy atom. The fraction of sp³-hybridized carbons (Fsp3) is 0.625. The lowest BCUT2D eigenvalue weighted by Gasteiger charge is -2.45. The van der Waals surface area contributed by atoms with Gasteiger partial charge in [-0.25, -0.2) is 0 Å². The molecule has 3 aliphatic heterocycles. The first kappa shape index (κ1) is 66.4. The summed E-state index contributed by atoms with van der Waals surface area (Å²) in [5, 5.41) is 135. The second-order valence-corrected chi connectivity index (χ2v) is 21.0. The lowest BCUT2D eigenvalue weighted by Crippen LogP contribution is -2.65. The van der Waals surface area contributed by atoms with E-state index in [0.717, 1.165) is 0 Å². The summed E-state index contributed by atoms with van der Waals surface area (Å²) in [5.41, 5.74) is 6.51. The molecule has 3 aliphatic rings. The molecule has 23 nitrogen and oxygen atoms in total. The minimum absolute atomic E-state index is 0.0637. The number of carboxylic acids is 1. The first-order valence-electron chi connectivity index (χ1n) is 26.8. The molecule has 2 bridgehead atoms. The van der Waals surface area contributed by atoms with Crippen LogP contribution < -0.4 is 11.1 Å². The van der Waals surface area contributed by atoms with E-state index in [1.54, 1.807) is 38.2 Å². The number of esters is 1. The van der Waals surface area contributed by atoms with Crippen LogP contribution in [0.2, 0.25) is 0 Å². The maximum atomic E-state index is 13.4. The van der Waals surface area contributed by atoms with E-state index in [9.17, 15) is 80.7 Å². The third-order valence-corrected chi connectivity index (χ3v) is 14.4. The number of ether oxygens (including phenoxy) is 4. The number of nitrogens with two attached hydrogens (primary N) is 1. The molecule has 0 radical (unpaired) electrons. The van der Waals surface area contributed by atoms with Gasteiger partial charge in [-0.1, -0.05) is 98.9 Å². The van der Waals surface area contributed by atoms with Crippen molar-refractivity contribution < 1.29 is 94.4 Å². The normalized spacial score (nSPS) is 39.6.